The minimum absolute atomic E-state index is 0.117. The average molecular weight is 452 g/mol. The third-order valence-corrected chi connectivity index (χ3v) is 7.66. The average Bonchev–Trinajstić information content (AvgIpc) is 3.12. The van der Waals surface area contributed by atoms with E-state index in [0.717, 1.165) is 72.6 Å². The first-order valence-corrected chi connectivity index (χ1v) is 11.9. The van der Waals surface area contributed by atoms with E-state index in [1.165, 1.54) is 0 Å². The SMILES string of the molecule is Cc1nc(-n2ncc3cc(C)c(C4CCN(C5COC5)CC4F)cc32)cc([C@H]2C[C@@H](O)C2)n1. The fourth-order valence-corrected chi connectivity index (χ4v) is 5.55. The first-order valence-electron chi connectivity index (χ1n) is 11.9. The van der Waals surface area contributed by atoms with Gasteiger partial charge in [-0.2, -0.15) is 5.10 Å². The van der Waals surface area contributed by atoms with Crippen molar-refractivity contribution in [2.75, 3.05) is 26.3 Å². The van der Waals surface area contributed by atoms with Gasteiger partial charge in [0.25, 0.3) is 0 Å². The minimum atomic E-state index is -0.898. The van der Waals surface area contributed by atoms with E-state index in [1.54, 1.807) is 0 Å². The molecule has 0 radical (unpaired) electrons. The van der Waals surface area contributed by atoms with Crippen molar-refractivity contribution in [3.05, 3.63) is 47.0 Å². The van der Waals surface area contributed by atoms with Gasteiger partial charge in [-0.05, 0) is 62.9 Å². The summed E-state index contributed by atoms with van der Waals surface area (Å²) >= 11 is 0. The molecule has 0 bridgehead atoms. The summed E-state index contributed by atoms with van der Waals surface area (Å²) in [4.78, 5) is 11.5. The molecule has 1 saturated carbocycles. The Balaban J connectivity index is 1.33. The van der Waals surface area contributed by atoms with Crippen LogP contribution in [-0.4, -0.2) is 74.4 Å². The molecule has 8 heteroatoms. The number of halogens is 1. The quantitative estimate of drug-likeness (QED) is 0.657. The van der Waals surface area contributed by atoms with Crippen LogP contribution in [0.4, 0.5) is 4.39 Å². The Morgan fingerprint density at radius 2 is 1.94 bits per heavy atom. The highest BCUT2D eigenvalue weighted by Crippen LogP contribution is 2.38. The molecular weight excluding hydrogens is 421 g/mol. The zero-order valence-corrected chi connectivity index (χ0v) is 19.1. The molecule has 7 nitrogen and oxygen atoms in total. The van der Waals surface area contributed by atoms with E-state index < -0.39 is 6.17 Å². The fraction of sp³-hybridized carbons (Fsp3) is 0.560. The maximum Gasteiger partial charge on any atom is 0.157 e. The molecule has 2 atom stereocenters. The Morgan fingerprint density at radius 1 is 1.12 bits per heavy atom. The largest absolute Gasteiger partial charge is 0.393 e. The van der Waals surface area contributed by atoms with Gasteiger partial charge in [-0.3, -0.25) is 4.90 Å². The van der Waals surface area contributed by atoms with Gasteiger partial charge in [-0.15, -0.1) is 0 Å². The van der Waals surface area contributed by atoms with Gasteiger partial charge in [-0.1, -0.05) is 0 Å². The molecule has 2 unspecified atom stereocenters. The summed E-state index contributed by atoms with van der Waals surface area (Å²) < 4.78 is 22.5. The van der Waals surface area contributed by atoms with Crippen LogP contribution in [0, 0.1) is 13.8 Å². The Bertz CT molecular complexity index is 1190. The molecule has 33 heavy (non-hydrogen) atoms. The Morgan fingerprint density at radius 3 is 2.64 bits per heavy atom. The van der Waals surface area contributed by atoms with Gasteiger partial charge in [0.15, 0.2) is 5.82 Å². The van der Waals surface area contributed by atoms with Crippen LogP contribution in [-0.2, 0) is 4.74 Å². The highest BCUT2D eigenvalue weighted by Gasteiger charge is 2.36. The smallest absolute Gasteiger partial charge is 0.157 e. The van der Waals surface area contributed by atoms with Gasteiger partial charge in [0.2, 0.25) is 0 Å². The Hall–Kier alpha value is -2.42. The van der Waals surface area contributed by atoms with E-state index in [-0.39, 0.29) is 17.9 Å². The molecule has 0 spiro atoms. The molecule has 6 rings (SSSR count). The van der Waals surface area contributed by atoms with Gasteiger partial charge in [0, 0.05) is 35.5 Å². The molecule has 2 aliphatic heterocycles. The number of likely N-dealkylation sites (tertiary alicyclic amines) is 1. The van der Waals surface area contributed by atoms with E-state index in [0.29, 0.717) is 18.4 Å². The number of benzene rings is 1. The molecule has 174 valence electrons. The number of hydrogen-bond donors (Lipinski definition) is 1. The van der Waals surface area contributed by atoms with Crippen LogP contribution in [0.5, 0.6) is 0 Å². The number of hydrogen-bond acceptors (Lipinski definition) is 6. The number of alkyl halides is 1. The Kier molecular flexibility index (Phi) is 5.19. The maximum atomic E-state index is 15.4. The molecule has 3 fully saturated rings. The number of rotatable bonds is 4. The number of aliphatic hydroxyl groups is 1. The number of nitrogens with zero attached hydrogens (tertiary/aromatic N) is 5. The molecular formula is C25H30FN5O2. The lowest BCUT2D eigenvalue weighted by Crippen LogP contribution is -2.54. The van der Waals surface area contributed by atoms with Crippen LogP contribution in [0.2, 0.25) is 0 Å². The number of aromatic nitrogens is 4. The molecule has 2 aromatic heterocycles. The van der Waals surface area contributed by atoms with Crippen LogP contribution in [0.3, 0.4) is 0 Å². The van der Waals surface area contributed by atoms with Crippen molar-refractivity contribution in [3.63, 3.8) is 0 Å². The van der Waals surface area contributed by atoms with Gasteiger partial charge in [0.1, 0.15) is 12.0 Å². The zero-order chi connectivity index (χ0) is 22.7. The van der Waals surface area contributed by atoms with Gasteiger partial charge in [-0.25, -0.2) is 19.0 Å². The third-order valence-electron chi connectivity index (χ3n) is 7.66. The monoisotopic (exact) mass is 451 g/mol. The molecule has 3 aliphatic rings. The molecule has 1 aliphatic carbocycles. The summed E-state index contributed by atoms with van der Waals surface area (Å²) in [5.74, 6) is 1.56. The highest BCUT2D eigenvalue weighted by atomic mass is 19.1. The van der Waals surface area contributed by atoms with Crippen molar-refractivity contribution in [2.24, 2.45) is 0 Å². The van der Waals surface area contributed by atoms with Crippen molar-refractivity contribution < 1.29 is 14.2 Å². The summed E-state index contributed by atoms with van der Waals surface area (Å²) in [5, 5.41) is 15.4. The lowest BCUT2D eigenvalue weighted by atomic mass is 9.80. The van der Waals surface area contributed by atoms with Gasteiger partial charge >= 0.3 is 0 Å². The second-order valence-electron chi connectivity index (χ2n) is 9.94. The number of ether oxygens (including phenoxy) is 1. The number of aryl methyl sites for hydroxylation is 2. The van der Waals surface area contributed by atoms with Crippen LogP contribution >= 0.6 is 0 Å². The normalized spacial score (nSPS) is 28.6. The van der Waals surface area contributed by atoms with Crippen LogP contribution in [0.15, 0.2) is 24.4 Å². The number of fused-ring (bicyclic) bond motifs is 1. The molecule has 1 aromatic carbocycles. The maximum absolute atomic E-state index is 15.4. The zero-order valence-electron chi connectivity index (χ0n) is 19.1. The predicted octanol–water partition coefficient (Wildman–Crippen LogP) is 3.20. The summed E-state index contributed by atoms with van der Waals surface area (Å²) in [6.45, 7) is 6.77. The first kappa shape index (κ1) is 21.1. The molecule has 0 amide bonds. The summed E-state index contributed by atoms with van der Waals surface area (Å²) in [6, 6.07) is 6.58. The Labute approximate surface area is 192 Å². The topological polar surface area (TPSA) is 76.3 Å². The second kappa shape index (κ2) is 8.11. The lowest BCUT2D eigenvalue weighted by molar-refractivity contribution is -0.0807. The molecule has 4 heterocycles. The molecule has 1 N–H and O–H groups in total. The van der Waals surface area contributed by atoms with Crippen molar-refractivity contribution >= 4 is 10.9 Å². The summed E-state index contributed by atoms with van der Waals surface area (Å²) in [7, 11) is 0. The fourth-order valence-electron chi connectivity index (χ4n) is 5.55. The van der Waals surface area contributed by atoms with E-state index in [4.69, 9.17) is 4.74 Å². The summed E-state index contributed by atoms with van der Waals surface area (Å²) in [5.41, 5.74) is 4.07. The van der Waals surface area contributed by atoms with Gasteiger partial charge in [0.05, 0.1) is 37.1 Å². The van der Waals surface area contributed by atoms with E-state index in [9.17, 15) is 5.11 Å². The molecule has 3 aromatic rings. The van der Waals surface area contributed by atoms with Crippen molar-refractivity contribution in [3.8, 4) is 5.82 Å². The van der Waals surface area contributed by atoms with Crippen LogP contribution in [0.25, 0.3) is 16.7 Å². The van der Waals surface area contributed by atoms with E-state index in [1.807, 2.05) is 23.9 Å². The van der Waals surface area contributed by atoms with Gasteiger partial charge < -0.3 is 9.84 Å². The van der Waals surface area contributed by atoms with E-state index in [2.05, 4.69) is 39.0 Å². The number of piperidine rings is 1. The standard InChI is InChI=1S/C25H30FN5O2/c1-14-5-17-10-27-31(25-9-23(28-15(2)29-25)16-6-19(32)7-16)24(17)8-21(14)20-3-4-30(11-22(20)26)18-12-33-13-18/h5,8-10,16,18-20,22,32H,3-4,6-7,11-13H2,1-2H3/t16-,19+,20?,22?. The lowest BCUT2D eigenvalue weighted by Gasteiger charge is -2.43. The minimum Gasteiger partial charge on any atom is -0.393 e. The second-order valence-corrected chi connectivity index (χ2v) is 9.94. The van der Waals surface area contributed by atoms with Crippen molar-refractivity contribution in [1.82, 2.24) is 24.6 Å². The van der Waals surface area contributed by atoms with E-state index >= 15 is 4.39 Å². The highest BCUT2D eigenvalue weighted by molar-refractivity contribution is 5.82. The van der Waals surface area contributed by atoms with Crippen molar-refractivity contribution in [1.29, 1.82) is 0 Å². The first-order chi connectivity index (χ1) is 16.0. The van der Waals surface area contributed by atoms with Crippen LogP contribution in [0.1, 0.15) is 53.7 Å². The number of aliphatic hydroxyl groups excluding tert-OH is 1. The van der Waals surface area contributed by atoms with Crippen molar-refractivity contribution in [2.45, 2.75) is 63.3 Å². The third kappa shape index (κ3) is 3.74. The predicted molar refractivity (Wildman–Crippen MR) is 123 cm³/mol. The summed E-state index contributed by atoms with van der Waals surface area (Å²) in [6.07, 6.45) is 3.00. The molecule has 2 saturated heterocycles. The van der Waals surface area contributed by atoms with Crippen LogP contribution < -0.4 is 0 Å².